The summed E-state index contributed by atoms with van der Waals surface area (Å²) in [7, 11) is 0. The number of hydrogen-bond donors (Lipinski definition) is 2. The summed E-state index contributed by atoms with van der Waals surface area (Å²) in [5.74, 6) is -1.39. The second kappa shape index (κ2) is 5.65. The lowest BCUT2D eigenvalue weighted by atomic mass is 9.86. The van der Waals surface area contributed by atoms with Crippen molar-refractivity contribution < 1.29 is 14.7 Å². The van der Waals surface area contributed by atoms with Crippen molar-refractivity contribution in [2.45, 2.75) is 52.0 Å². The molecule has 0 spiro atoms. The average Bonchev–Trinajstić information content (AvgIpc) is 2.37. The van der Waals surface area contributed by atoms with Gasteiger partial charge in [0.2, 0.25) is 0 Å². The summed E-state index contributed by atoms with van der Waals surface area (Å²) in [5, 5.41) is 11.7. The molecule has 1 aromatic carbocycles. The number of amides is 1. The van der Waals surface area contributed by atoms with Gasteiger partial charge in [0.05, 0.1) is 0 Å². The molecule has 0 fully saturated rings. The first-order chi connectivity index (χ1) is 9.10. The largest absolute Gasteiger partial charge is 0.480 e. The molecule has 1 atom stereocenters. The molecule has 1 amide bonds. The van der Waals surface area contributed by atoms with E-state index in [0.29, 0.717) is 12.0 Å². The van der Waals surface area contributed by atoms with Gasteiger partial charge in [-0.3, -0.25) is 4.79 Å². The molecule has 0 saturated carbocycles. The van der Waals surface area contributed by atoms with Crippen LogP contribution in [0.3, 0.4) is 0 Å². The number of benzene rings is 1. The fourth-order valence-corrected chi connectivity index (χ4v) is 1.74. The van der Waals surface area contributed by atoms with Crippen LogP contribution in [0.1, 0.15) is 57.0 Å². The molecule has 0 radical (unpaired) electrons. The molecule has 1 aromatic rings. The van der Waals surface area contributed by atoms with Gasteiger partial charge in [-0.05, 0) is 36.5 Å². The van der Waals surface area contributed by atoms with E-state index in [1.165, 1.54) is 6.92 Å². The van der Waals surface area contributed by atoms with Crippen LogP contribution in [-0.4, -0.2) is 22.5 Å². The fourth-order valence-electron chi connectivity index (χ4n) is 1.74. The zero-order valence-electron chi connectivity index (χ0n) is 12.8. The Bertz CT molecular complexity index is 499. The molecule has 0 heterocycles. The minimum absolute atomic E-state index is 0.0218. The smallest absolute Gasteiger partial charge is 0.329 e. The Balaban J connectivity index is 2.91. The number of nitrogens with one attached hydrogen (secondary N) is 1. The van der Waals surface area contributed by atoms with Crippen LogP contribution in [-0.2, 0) is 10.2 Å². The van der Waals surface area contributed by atoms with Crippen molar-refractivity contribution in [2.75, 3.05) is 0 Å². The number of carboxylic acids is 1. The monoisotopic (exact) mass is 277 g/mol. The SMILES string of the molecule is CCC(C)(NC(=O)c1ccc(C(C)(C)C)cc1)C(=O)O. The molecule has 2 N–H and O–H groups in total. The third-order valence-corrected chi connectivity index (χ3v) is 3.58. The lowest BCUT2D eigenvalue weighted by Crippen LogP contribution is -2.51. The highest BCUT2D eigenvalue weighted by Crippen LogP contribution is 2.22. The number of rotatable bonds is 4. The second-order valence-corrected chi connectivity index (χ2v) is 6.27. The van der Waals surface area contributed by atoms with Gasteiger partial charge in [-0.2, -0.15) is 0 Å². The summed E-state index contributed by atoms with van der Waals surface area (Å²) in [6.07, 6.45) is 0.328. The summed E-state index contributed by atoms with van der Waals surface area (Å²) in [4.78, 5) is 23.3. The lowest BCUT2D eigenvalue weighted by Gasteiger charge is -2.25. The highest BCUT2D eigenvalue weighted by molar-refractivity contribution is 5.97. The Labute approximate surface area is 120 Å². The van der Waals surface area contributed by atoms with Gasteiger partial charge in [0, 0.05) is 5.56 Å². The third-order valence-electron chi connectivity index (χ3n) is 3.58. The molecule has 0 saturated heterocycles. The Kier molecular flexibility index (Phi) is 4.58. The maximum atomic E-state index is 12.1. The third kappa shape index (κ3) is 3.59. The number of carbonyl (C=O) groups is 2. The standard InChI is InChI=1S/C16H23NO3/c1-6-16(5,14(19)20)17-13(18)11-7-9-12(10-8-11)15(2,3)4/h7-10H,6H2,1-5H3,(H,17,18)(H,19,20). The molecule has 1 unspecified atom stereocenters. The van der Waals surface area contributed by atoms with Crippen molar-refractivity contribution in [1.29, 1.82) is 0 Å². The predicted molar refractivity (Wildman–Crippen MR) is 78.9 cm³/mol. The Hall–Kier alpha value is -1.84. The maximum Gasteiger partial charge on any atom is 0.329 e. The molecular weight excluding hydrogens is 254 g/mol. The molecular formula is C16H23NO3. The number of hydrogen-bond acceptors (Lipinski definition) is 2. The average molecular weight is 277 g/mol. The van der Waals surface area contributed by atoms with Crippen LogP contribution in [0.25, 0.3) is 0 Å². The van der Waals surface area contributed by atoms with Crippen LogP contribution in [0.4, 0.5) is 0 Å². The first-order valence-corrected chi connectivity index (χ1v) is 6.76. The normalized spacial score (nSPS) is 14.4. The van der Waals surface area contributed by atoms with E-state index in [0.717, 1.165) is 5.56 Å². The summed E-state index contributed by atoms with van der Waals surface area (Å²) >= 11 is 0. The highest BCUT2D eigenvalue weighted by atomic mass is 16.4. The van der Waals surface area contributed by atoms with Gasteiger partial charge in [0.15, 0.2) is 0 Å². The topological polar surface area (TPSA) is 66.4 Å². The number of carbonyl (C=O) groups excluding carboxylic acids is 1. The number of aliphatic carboxylic acids is 1. The minimum atomic E-state index is -1.24. The van der Waals surface area contributed by atoms with Crippen LogP contribution in [0, 0.1) is 0 Å². The lowest BCUT2D eigenvalue weighted by molar-refractivity contribution is -0.143. The van der Waals surface area contributed by atoms with Crippen molar-refractivity contribution >= 4 is 11.9 Å². The van der Waals surface area contributed by atoms with Gasteiger partial charge in [0.1, 0.15) is 5.54 Å². The van der Waals surface area contributed by atoms with Crippen LogP contribution < -0.4 is 5.32 Å². The molecule has 0 aliphatic rings. The summed E-state index contributed by atoms with van der Waals surface area (Å²) in [6, 6.07) is 7.26. The molecule has 4 heteroatoms. The Morgan fingerprint density at radius 3 is 1.95 bits per heavy atom. The fraction of sp³-hybridized carbons (Fsp3) is 0.500. The molecule has 0 aliphatic carbocycles. The van der Waals surface area contributed by atoms with Crippen LogP contribution >= 0.6 is 0 Å². The van der Waals surface area contributed by atoms with E-state index in [4.69, 9.17) is 5.11 Å². The van der Waals surface area contributed by atoms with E-state index in [1.807, 2.05) is 12.1 Å². The van der Waals surface area contributed by atoms with E-state index in [-0.39, 0.29) is 11.3 Å². The highest BCUT2D eigenvalue weighted by Gasteiger charge is 2.33. The van der Waals surface area contributed by atoms with Crippen molar-refractivity contribution in [2.24, 2.45) is 0 Å². The Morgan fingerprint density at radius 1 is 1.10 bits per heavy atom. The van der Waals surface area contributed by atoms with Crippen molar-refractivity contribution in [3.63, 3.8) is 0 Å². The number of carboxylic acid groups (broad SMARTS) is 1. The molecule has 0 aliphatic heterocycles. The van der Waals surface area contributed by atoms with Gasteiger partial charge in [-0.25, -0.2) is 4.79 Å². The quantitative estimate of drug-likeness (QED) is 0.889. The van der Waals surface area contributed by atoms with E-state index in [9.17, 15) is 9.59 Å². The zero-order chi connectivity index (χ0) is 15.6. The Morgan fingerprint density at radius 2 is 1.60 bits per heavy atom. The summed E-state index contributed by atoms with van der Waals surface area (Å²) in [5.41, 5.74) is 0.387. The molecule has 0 bridgehead atoms. The van der Waals surface area contributed by atoms with Crippen LogP contribution in [0.2, 0.25) is 0 Å². The minimum Gasteiger partial charge on any atom is -0.480 e. The molecule has 20 heavy (non-hydrogen) atoms. The van der Waals surface area contributed by atoms with Gasteiger partial charge in [0.25, 0.3) is 5.91 Å². The van der Waals surface area contributed by atoms with Gasteiger partial charge in [-0.1, -0.05) is 39.8 Å². The van der Waals surface area contributed by atoms with Crippen molar-refractivity contribution in [1.82, 2.24) is 5.32 Å². The van der Waals surface area contributed by atoms with E-state index in [2.05, 4.69) is 26.1 Å². The van der Waals surface area contributed by atoms with E-state index < -0.39 is 11.5 Å². The zero-order valence-corrected chi connectivity index (χ0v) is 12.8. The molecule has 110 valence electrons. The summed E-state index contributed by atoms with van der Waals surface area (Å²) < 4.78 is 0. The molecule has 0 aromatic heterocycles. The predicted octanol–water partition coefficient (Wildman–Crippen LogP) is 2.97. The van der Waals surface area contributed by atoms with Gasteiger partial charge >= 0.3 is 5.97 Å². The van der Waals surface area contributed by atoms with Gasteiger partial charge < -0.3 is 10.4 Å². The molecule has 1 rings (SSSR count). The first-order valence-electron chi connectivity index (χ1n) is 6.76. The van der Waals surface area contributed by atoms with Gasteiger partial charge in [-0.15, -0.1) is 0 Å². The van der Waals surface area contributed by atoms with E-state index in [1.54, 1.807) is 19.1 Å². The summed E-state index contributed by atoms with van der Waals surface area (Å²) in [6.45, 7) is 9.54. The second-order valence-electron chi connectivity index (χ2n) is 6.27. The van der Waals surface area contributed by atoms with Crippen molar-refractivity contribution in [3.8, 4) is 0 Å². The first kappa shape index (κ1) is 16.2. The molecule has 4 nitrogen and oxygen atoms in total. The van der Waals surface area contributed by atoms with Crippen LogP contribution in [0.15, 0.2) is 24.3 Å². The maximum absolute atomic E-state index is 12.1. The van der Waals surface area contributed by atoms with Crippen LogP contribution in [0.5, 0.6) is 0 Å². The van der Waals surface area contributed by atoms with E-state index >= 15 is 0 Å². The van der Waals surface area contributed by atoms with Crippen molar-refractivity contribution in [3.05, 3.63) is 35.4 Å².